The van der Waals surface area contributed by atoms with Crippen molar-refractivity contribution in [2.75, 3.05) is 0 Å². The van der Waals surface area contributed by atoms with Crippen LogP contribution < -0.4 is 4.74 Å². The lowest BCUT2D eigenvalue weighted by molar-refractivity contribution is 0.0473. The van der Waals surface area contributed by atoms with Gasteiger partial charge in [-0.05, 0) is 42.8 Å². The molecule has 2 aromatic rings. The Labute approximate surface area is 136 Å². The Morgan fingerprint density at radius 3 is 2.71 bits per heavy atom. The van der Waals surface area contributed by atoms with E-state index in [9.17, 15) is 9.50 Å². The van der Waals surface area contributed by atoms with Crippen LogP contribution in [-0.2, 0) is 6.42 Å². The molecule has 0 fully saturated rings. The summed E-state index contributed by atoms with van der Waals surface area (Å²) in [6.07, 6.45) is -1.12. The number of rotatable bonds is 5. The maximum atomic E-state index is 13.8. The van der Waals surface area contributed by atoms with Crippen molar-refractivity contribution >= 4 is 27.5 Å². The summed E-state index contributed by atoms with van der Waals surface area (Å²) in [6.45, 7) is 1.74. The predicted octanol–water partition coefficient (Wildman–Crippen LogP) is 4.61. The largest absolute Gasteiger partial charge is 0.488 e. The van der Waals surface area contributed by atoms with Crippen LogP contribution in [-0.4, -0.2) is 17.3 Å². The van der Waals surface area contributed by atoms with Crippen LogP contribution in [0.2, 0.25) is 5.02 Å². The second-order valence-electron chi connectivity index (χ2n) is 4.79. The lowest BCUT2D eigenvalue weighted by Crippen LogP contribution is -2.30. The molecule has 0 amide bonds. The second kappa shape index (κ2) is 7.25. The van der Waals surface area contributed by atoms with Crippen LogP contribution in [0.3, 0.4) is 0 Å². The number of aliphatic hydroxyl groups excluding tert-OH is 1. The fraction of sp³-hybridized carbons (Fsp3) is 0.250. The maximum Gasteiger partial charge on any atom is 0.127 e. The molecule has 1 N–H and O–H groups in total. The van der Waals surface area contributed by atoms with Crippen LogP contribution >= 0.6 is 27.5 Å². The number of aliphatic hydroxyl groups is 1. The molecule has 2 atom stereocenters. The highest BCUT2D eigenvalue weighted by molar-refractivity contribution is 9.10. The van der Waals surface area contributed by atoms with Gasteiger partial charge in [0.1, 0.15) is 17.7 Å². The Balaban J connectivity index is 2.00. The Morgan fingerprint density at radius 1 is 1.29 bits per heavy atom. The van der Waals surface area contributed by atoms with Crippen molar-refractivity contribution in [3.63, 3.8) is 0 Å². The smallest absolute Gasteiger partial charge is 0.127 e. The molecular weight excluding hydrogens is 359 g/mol. The zero-order valence-corrected chi connectivity index (χ0v) is 13.7. The summed E-state index contributed by atoms with van der Waals surface area (Å²) >= 11 is 9.08. The van der Waals surface area contributed by atoms with Crippen molar-refractivity contribution in [2.45, 2.75) is 25.6 Å². The van der Waals surface area contributed by atoms with E-state index < -0.39 is 12.2 Å². The standard InChI is InChI=1S/C16H15BrClFO2/c1-10(21-14-4-2-3-13(18)9-14)16(20)7-11-5-6-12(17)8-15(11)19/h2-6,8-10,16,20H,7H2,1H3. The zero-order chi connectivity index (χ0) is 15.4. The molecule has 0 aliphatic rings. The van der Waals surface area contributed by atoms with Crippen molar-refractivity contribution in [3.8, 4) is 5.75 Å². The minimum atomic E-state index is -0.820. The highest BCUT2D eigenvalue weighted by Gasteiger charge is 2.18. The van der Waals surface area contributed by atoms with Crippen LogP contribution in [0, 0.1) is 5.82 Å². The highest BCUT2D eigenvalue weighted by atomic mass is 79.9. The van der Waals surface area contributed by atoms with Gasteiger partial charge in [-0.25, -0.2) is 4.39 Å². The molecule has 21 heavy (non-hydrogen) atoms. The van der Waals surface area contributed by atoms with E-state index in [1.807, 2.05) is 0 Å². The number of halogens is 3. The molecule has 2 unspecified atom stereocenters. The summed E-state index contributed by atoms with van der Waals surface area (Å²) in [5.74, 6) is 0.226. The molecule has 0 aliphatic carbocycles. The van der Waals surface area contributed by atoms with Gasteiger partial charge in [0.15, 0.2) is 0 Å². The van der Waals surface area contributed by atoms with Gasteiger partial charge in [-0.1, -0.05) is 39.7 Å². The van der Waals surface area contributed by atoms with E-state index in [1.165, 1.54) is 6.07 Å². The molecule has 0 heterocycles. The predicted molar refractivity (Wildman–Crippen MR) is 85.4 cm³/mol. The van der Waals surface area contributed by atoms with Crippen molar-refractivity contribution < 1.29 is 14.2 Å². The Kier molecular flexibility index (Phi) is 5.62. The number of benzene rings is 2. The molecule has 0 saturated carbocycles. The Morgan fingerprint density at radius 2 is 2.05 bits per heavy atom. The van der Waals surface area contributed by atoms with Gasteiger partial charge in [0.25, 0.3) is 0 Å². The normalized spacial score (nSPS) is 13.8. The monoisotopic (exact) mass is 372 g/mol. The maximum absolute atomic E-state index is 13.8. The Bertz CT molecular complexity index is 621. The molecule has 0 bridgehead atoms. The lowest BCUT2D eigenvalue weighted by Gasteiger charge is -2.21. The first-order valence-corrected chi connectivity index (χ1v) is 7.67. The van der Waals surface area contributed by atoms with Gasteiger partial charge in [0.05, 0.1) is 6.10 Å². The molecule has 112 valence electrons. The van der Waals surface area contributed by atoms with Gasteiger partial charge in [0, 0.05) is 15.9 Å². The van der Waals surface area contributed by atoms with E-state index in [2.05, 4.69) is 15.9 Å². The van der Waals surface area contributed by atoms with E-state index >= 15 is 0 Å². The fourth-order valence-electron chi connectivity index (χ4n) is 1.91. The number of hydrogen-bond donors (Lipinski definition) is 1. The minimum absolute atomic E-state index is 0.181. The van der Waals surface area contributed by atoms with Crippen LogP contribution in [0.1, 0.15) is 12.5 Å². The Hall–Kier alpha value is -1.10. The van der Waals surface area contributed by atoms with E-state index in [0.717, 1.165) is 0 Å². The molecule has 0 aromatic heterocycles. The third-order valence-corrected chi connectivity index (χ3v) is 3.83. The molecule has 2 rings (SSSR count). The van der Waals surface area contributed by atoms with E-state index in [4.69, 9.17) is 16.3 Å². The topological polar surface area (TPSA) is 29.5 Å². The summed E-state index contributed by atoms with van der Waals surface area (Å²) in [4.78, 5) is 0. The first-order chi connectivity index (χ1) is 9.95. The summed E-state index contributed by atoms with van der Waals surface area (Å²) in [5, 5.41) is 10.7. The fourth-order valence-corrected chi connectivity index (χ4v) is 2.43. The average Bonchev–Trinajstić information content (AvgIpc) is 2.41. The summed E-state index contributed by atoms with van der Waals surface area (Å²) < 4.78 is 20.0. The van der Waals surface area contributed by atoms with Crippen LogP contribution in [0.4, 0.5) is 4.39 Å². The third-order valence-electron chi connectivity index (χ3n) is 3.10. The van der Waals surface area contributed by atoms with Gasteiger partial charge < -0.3 is 9.84 Å². The molecule has 0 saturated heterocycles. The van der Waals surface area contributed by atoms with Crippen LogP contribution in [0.15, 0.2) is 46.9 Å². The van der Waals surface area contributed by atoms with Crippen LogP contribution in [0.5, 0.6) is 5.75 Å². The number of ether oxygens (including phenoxy) is 1. The minimum Gasteiger partial charge on any atom is -0.488 e. The molecule has 0 radical (unpaired) electrons. The van der Waals surface area contributed by atoms with Gasteiger partial charge in [-0.3, -0.25) is 0 Å². The van der Waals surface area contributed by atoms with Crippen molar-refractivity contribution in [3.05, 3.63) is 63.3 Å². The van der Waals surface area contributed by atoms with Crippen molar-refractivity contribution in [1.29, 1.82) is 0 Å². The molecule has 5 heteroatoms. The first kappa shape index (κ1) is 16.3. The van der Waals surface area contributed by atoms with E-state index in [1.54, 1.807) is 43.3 Å². The van der Waals surface area contributed by atoms with Gasteiger partial charge >= 0.3 is 0 Å². The van der Waals surface area contributed by atoms with E-state index in [0.29, 0.717) is 20.8 Å². The molecule has 2 aromatic carbocycles. The van der Waals surface area contributed by atoms with E-state index in [-0.39, 0.29) is 12.2 Å². The molecular formula is C16H15BrClFO2. The quantitative estimate of drug-likeness (QED) is 0.829. The summed E-state index contributed by atoms with van der Waals surface area (Å²) in [6, 6.07) is 11.7. The second-order valence-corrected chi connectivity index (χ2v) is 6.14. The highest BCUT2D eigenvalue weighted by Crippen LogP contribution is 2.21. The zero-order valence-electron chi connectivity index (χ0n) is 11.4. The summed E-state index contributed by atoms with van der Waals surface area (Å²) in [5.41, 5.74) is 0.451. The molecule has 0 spiro atoms. The van der Waals surface area contributed by atoms with Gasteiger partial charge in [0.2, 0.25) is 0 Å². The van der Waals surface area contributed by atoms with Gasteiger partial charge in [-0.2, -0.15) is 0 Å². The van der Waals surface area contributed by atoms with Crippen molar-refractivity contribution in [1.82, 2.24) is 0 Å². The van der Waals surface area contributed by atoms with Crippen molar-refractivity contribution in [2.24, 2.45) is 0 Å². The third kappa shape index (κ3) is 4.70. The number of hydrogen-bond acceptors (Lipinski definition) is 2. The lowest BCUT2D eigenvalue weighted by atomic mass is 10.0. The summed E-state index contributed by atoms with van der Waals surface area (Å²) in [7, 11) is 0. The van der Waals surface area contributed by atoms with Gasteiger partial charge in [-0.15, -0.1) is 0 Å². The average molecular weight is 374 g/mol. The van der Waals surface area contributed by atoms with Crippen LogP contribution in [0.25, 0.3) is 0 Å². The SMILES string of the molecule is CC(Oc1cccc(Cl)c1)C(O)Cc1ccc(Br)cc1F. The molecule has 0 aliphatic heterocycles. The first-order valence-electron chi connectivity index (χ1n) is 6.50. The molecule has 2 nitrogen and oxygen atoms in total.